The summed E-state index contributed by atoms with van der Waals surface area (Å²) in [5.41, 5.74) is 0.575. The lowest BCUT2D eigenvalue weighted by Crippen LogP contribution is -2.06. The van der Waals surface area contributed by atoms with Gasteiger partial charge in [0.25, 0.3) is 0 Å². The maximum atomic E-state index is 11.1. The van der Waals surface area contributed by atoms with E-state index in [1.807, 2.05) is 0 Å². The Morgan fingerprint density at radius 1 is 1.14 bits per heavy atom. The highest BCUT2D eigenvalue weighted by molar-refractivity contribution is 6.32. The van der Waals surface area contributed by atoms with Crippen molar-refractivity contribution in [3.8, 4) is 11.5 Å². The minimum Gasteiger partial charge on any atom is -0.478 e. The Labute approximate surface area is 126 Å². The zero-order chi connectivity index (χ0) is 15.4. The molecular weight excluding hydrogens is 294 g/mol. The first kappa shape index (κ1) is 14.9. The van der Waals surface area contributed by atoms with Crippen LogP contribution in [0.5, 0.6) is 11.5 Å². The number of ether oxygens (including phenoxy) is 1. The van der Waals surface area contributed by atoms with Crippen molar-refractivity contribution in [2.75, 3.05) is 5.32 Å². The third-order valence-electron chi connectivity index (χ3n) is 2.60. The average Bonchev–Trinajstić information content (AvgIpc) is 2.42. The van der Waals surface area contributed by atoms with E-state index in [1.54, 1.807) is 24.3 Å². The lowest BCUT2D eigenvalue weighted by Gasteiger charge is -2.12. The van der Waals surface area contributed by atoms with Crippen molar-refractivity contribution in [1.82, 2.24) is 0 Å². The van der Waals surface area contributed by atoms with Gasteiger partial charge in [0.1, 0.15) is 5.75 Å². The predicted molar refractivity (Wildman–Crippen MR) is 79.2 cm³/mol. The molecule has 0 aromatic heterocycles. The molecule has 0 aliphatic heterocycles. The molecule has 108 valence electrons. The highest BCUT2D eigenvalue weighted by Crippen LogP contribution is 2.34. The van der Waals surface area contributed by atoms with Gasteiger partial charge in [-0.15, -0.1) is 0 Å². The lowest BCUT2D eigenvalue weighted by molar-refractivity contribution is -0.114. The van der Waals surface area contributed by atoms with Crippen LogP contribution in [0.15, 0.2) is 42.5 Å². The molecule has 0 radical (unpaired) electrons. The maximum absolute atomic E-state index is 11.1. The largest absolute Gasteiger partial charge is 0.478 e. The van der Waals surface area contributed by atoms with Crippen molar-refractivity contribution < 1.29 is 19.4 Å². The molecule has 0 aliphatic rings. The van der Waals surface area contributed by atoms with Gasteiger partial charge >= 0.3 is 5.97 Å². The number of hydrogen-bond acceptors (Lipinski definition) is 3. The van der Waals surface area contributed by atoms with Crippen LogP contribution in [0, 0.1) is 0 Å². The molecule has 2 aromatic rings. The van der Waals surface area contributed by atoms with Crippen LogP contribution in [0.3, 0.4) is 0 Å². The number of anilines is 1. The quantitative estimate of drug-likeness (QED) is 0.901. The summed E-state index contributed by atoms with van der Waals surface area (Å²) in [6.07, 6.45) is 0. The monoisotopic (exact) mass is 305 g/mol. The fourth-order valence-electron chi connectivity index (χ4n) is 1.68. The number of para-hydroxylation sites is 2. The van der Waals surface area contributed by atoms with Crippen LogP contribution in [-0.2, 0) is 4.79 Å². The first-order valence-corrected chi connectivity index (χ1v) is 6.42. The van der Waals surface area contributed by atoms with Crippen molar-refractivity contribution in [3.63, 3.8) is 0 Å². The first-order chi connectivity index (χ1) is 9.97. The smallest absolute Gasteiger partial charge is 0.335 e. The number of carbonyl (C=O) groups excluding carboxylic acids is 1. The van der Waals surface area contributed by atoms with Crippen LogP contribution in [0.2, 0.25) is 5.02 Å². The van der Waals surface area contributed by atoms with Gasteiger partial charge in [-0.2, -0.15) is 0 Å². The van der Waals surface area contributed by atoms with Gasteiger partial charge in [0.15, 0.2) is 5.75 Å². The van der Waals surface area contributed by atoms with Crippen molar-refractivity contribution in [1.29, 1.82) is 0 Å². The van der Waals surface area contributed by atoms with Crippen LogP contribution in [0.4, 0.5) is 5.69 Å². The van der Waals surface area contributed by atoms with Gasteiger partial charge in [-0.3, -0.25) is 4.79 Å². The zero-order valence-electron chi connectivity index (χ0n) is 11.1. The van der Waals surface area contributed by atoms with Crippen molar-refractivity contribution >= 4 is 29.2 Å². The lowest BCUT2D eigenvalue weighted by atomic mass is 10.2. The molecule has 0 unspecified atom stereocenters. The molecule has 0 saturated carbocycles. The number of nitrogens with one attached hydrogen (secondary N) is 1. The highest BCUT2D eigenvalue weighted by Gasteiger charge is 2.11. The van der Waals surface area contributed by atoms with E-state index in [0.717, 1.165) is 0 Å². The number of carboxylic acid groups (broad SMARTS) is 1. The molecule has 0 fully saturated rings. The van der Waals surface area contributed by atoms with Gasteiger partial charge in [-0.05, 0) is 30.3 Å². The van der Waals surface area contributed by atoms with Crippen LogP contribution in [0.1, 0.15) is 17.3 Å². The number of carboxylic acids is 1. The summed E-state index contributed by atoms with van der Waals surface area (Å²) < 4.78 is 5.64. The van der Waals surface area contributed by atoms with Gasteiger partial charge in [0, 0.05) is 6.92 Å². The third kappa shape index (κ3) is 3.73. The van der Waals surface area contributed by atoms with E-state index in [9.17, 15) is 9.59 Å². The second-order valence-corrected chi connectivity index (χ2v) is 4.64. The summed E-state index contributed by atoms with van der Waals surface area (Å²) in [4.78, 5) is 22.0. The number of halogens is 1. The summed E-state index contributed by atoms with van der Waals surface area (Å²) in [6, 6.07) is 11.0. The molecule has 0 aliphatic carbocycles. The van der Waals surface area contributed by atoms with Crippen molar-refractivity contribution in [2.45, 2.75) is 6.92 Å². The maximum Gasteiger partial charge on any atom is 0.335 e. The summed E-state index contributed by atoms with van der Waals surface area (Å²) in [6.45, 7) is 1.39. The molecule has 0 heterocycles. The number of benzene rings is 2. The third-order valence-corrected chi connectivity index (χ3v) is 2.89. The van der Waals surface area contributed by atoms with E-state index in [-0.39, 0.29) is 16.5 Å². The van der Waals surface area contributed by atoms with E-state index in [2.05, 4.69) is 5.32 Å². The molecule has 0 spiro atoms. The molecule has 2 N–H and O–H groups in total. The van der Waals surface area contributed by atoms with E-state index >= 15 is 0 Å². The zero-order valence-corrected chi connectivity index (χ0v) is 11.8. The Balaban J connectivity index is 2.30. The SMILES string of the molecule is CC(=O)Nc1ccccc1Oc1ccc(C(=O)O)cc1Cl. The number of hydrogen-bond donors (Lipinski definition) is 2. The Morgan fingerprint density at radius 2 is 1.86 bits per heavy atom. The van der Waals surface area contributed by atoms with Crippen molar-refractivity contribution in [2.24, 2.45) is 0 Å². The minimum atomic E-state index is -1.07. The van der Waals surface area contributed by atoms with Gasteiger partial charge in [-0.1, -0.05) is 23.7 Å². The molecule has 2 rings (SSSR count). The average molecular weight is 306 g/mol. The fraction of sp³-hybridized carbons (Fsp3) is 0.0667. The van der Waals surface area contributed by atoms with Gasteiger partial charge in [0.2, 0.25) is 5.91 Å². The van der Waals surface area contributed by atoms with E-state index < -0.39 is 5.97 Å². The Hall–Kier alpha value is -2.53. The Kier molecular flexibility index (Phi) is 4.45. The van der Waals surface area contributed by atoms with Crippen LogP contribution >= 0.6 is 11.6 Å². The number of carbonyl (C=O) groups is 2. The van der Waals surface area contributed by atoms with Gasteiger partial charge < -0.3 is 15.2 Å². The highest BCUT2D eigenvalue weighted by atomic mass is 35.5. The summed E-state index contributed by atoms with van der Waals surface area (Å²) in [5, 5.41) is 11.7. The van der Waals surface area contributed by atoms with Crippen LogP contribution in [-0.4, -0.2) is 17.0 Å². The minimum absolute atomic E-state index is 0.0718. The van der Waals surface area contributed by atoms with E-state index in [0.29, 0.717) is 17.2 Å². The molecule has 0 saturated heterocycles. The molecular formula is C15H12ClNO4. The molecule has 1 amide bonds. The molecule has 2 aromatic carbocycles. The molecule has 21 heavy (non-hydrogen) atoms. The normalized spacial score (nSPS) is 10.0. The topological polar surface area (TPSA) is 75.6 Å². The number of aromatic carboxylic acids is 1. The second-order valence-electron chi connectivity index (χ2n) is 4.23. The second kappa shape index (κ2) is 6.28. The number of rotatable bonds is 4. The summed E-state index contributed by atoms with van der Waals surface area (Å²) >= 11 is 6.01. The molecule has 6 heteroatoms. The van der Waals surface area contributed by atoms with Crippen LogP contribution < -0.4 is 10.1 Å². The fourth-order valence-corrected chi connectivity index (χ4v) is 1.90. The van der Waals surface area contributed by atoms with E-state index in [1.165, 1.54) is 25.1 Å². The molecule has 0 bridgehead atoms. The first-order valence-electron chi connectivity index (χ1n) is 6.04. The predicted octanol–water partition coefficient (Wildman–Crippen LogP) is 3.79. The summed E-state index contributed by atoms with van der Waals surface area (Å²) in [5.74, 6) is -0.572. The van der Waals surface area contributed by atoms with Gasteiger partial charge in [-0.25, -0.2) is 4.79 Å². The van der Waals surface area contributed by atoms with Crippen LogP contribution in [0.25, 0.3) is 0 Å². The van der Waals surface area contributed by atoms with Crippen molar-refractivity contribution in [3.05, 3.63) is 53.1 Å². The standard InChI is InChI=1S/C15H12ClNO4/c1-9(18)17-12-4-2-3-5-14(12)21-13-7-6-10(15(19)20)8-11(13)16/h2-8H,1H3,(H,17,18)(H,19,20). The number of amides is 1. The van der Waals surface area contributed by atoms with E-state index in [4.69, 9.17) is 21.4 Å². The summed E-state index contributed by atoms with van der Waals surface area (Å²) in [7, 11) is 0. The Bertz CT molecular complexity index is 700. The van der Waals surface area contributed by atoms with Gasteiger partial charge in [0.05, 0.1) is 16.3 Å². The Morgan fingerprint density at radius 3 is 2.48 bits per heavy atom. The molecule has 5 nitrogen and oxygen atoms in total. The molecule has 0 atom stereocenters.